The zero-order valence-corrected chi connectivity index (χ0v) is 12.3. The van der Waals surface area contributed by atoms with Crippen LogP contribution in [0.3, 0.4) is 0 Å². The van der Waals surface area contributed by atoms with Crippen molar-refractivity contribution < 1.29 is 18.9 Å². The van der Waals surface area contributed by atoms with Gasteiger partial charge in [-0.15, -0.1) is 0 Å². The van der Waals surface area contributed by atoms with Gasteiger partial charge < -0.3 is 24.7 Å². The van der Waals surface area contributed by atoms with E-state index < -0.39 is 0 Å². The maximum Gasteiger partial charge on any atom is 0.119 e. The van der Waals surface area contributed by atoms with E-state index in [1.54, 1.807) is 14.2 Å². The summed E-state index contributed by atoms with van der Waals surface area (Å²) >= 11 is 0. The minimum Gasteiger partial charge on any atom is -0.497 e. The van der Waals surface area contributed by atoms with Crippen molar-refractivity contribution in [1.82, 2.24) is 0 Å². The first-order chi connectivity index (χ1) is 9.77. The molecule has 0 aliphatic heterocycles. The maximum atomic E-state index is 6.06. The van der Waals surface area contributed by atoms with Crippen LogP contribution in [0.4, 0.5) is 0 Å². The number of hydrogen-bond acceptors (Lipinski definition) is 5. The first kappa shape index (κ1) is 16.9. The first-order valence-electron chi connectivity index (χ1n) is 6.82. The molecule has 1 atom stereocenters. The number of nitrogens with two attached hydrogens (primary N) is 1. The van der Waals surface area contributed by atoms with Crippen molar-refractivity contribution in [3.05, 3.63) is 29.8 Å². The quantitative estimate of drug-likeness (QED) is 0.627. The molecule has 0 amide bonds. The summed E-state index contributed by atoms with van der Waals surface area (Å²) in [6, 6.07) is 7.56. The van der Waals surface area contributed by atoms with Crippen LogP contribution >= 0.6 is 0 Å². The lowest BCUT2D eigenvalue weighted by Gasteiger charge is -2.13. The van der Waals surface area contributed by atoms with E-state index in [-0.39, 0.29) is 6.04 Å². The van der Waals surface area contributed by atoms with E-state index in [0.717, 1.165) is 24.3 Å². The highest BCUT2D eigenvalue weighted by Gasteiger charge is 2.06. The second kappa shape index (κ2) is 10.6. The van der Waals surface area contributed by atoms with Gasteiger partial charge in [-0.3, -0.25) is 0 Å². The third-order valence-corrected chi connectivity index (χ3v) is 2.83. The van der Waals surface area contributed by atoms with Crippen molar-refractivity contribution >= 4 is 0 Å². The van der Waals surface area contributed by atoms with Crippen molar-refractivity contribution in [3.63, 3.8) is 0 Å². The summed E-state index contributed by atoms with van der Waals surface area (Å²) in [5, 5.41) is 0. The molecule has 0 saturated carbocycles. The minimum absolute atomic E-state index is 0.154. The van der Waals surface area contributed by atoms with Gasteiger partial charge in [0.2, 0.25) is 0 Å². The Hall–Kier alpha value is -1.14. The van der Waals surface area contributed by atoms with Crippen LogP contribution in [-0.2, 0) is 14.2 Å². The van der Waals surface area contributed by atoms with Gasteiger partial charge in [0.1, 0.15) is 5.75 Å². The number of ether oxygens (including phenoxy) is 4. The van der Waals surface area contributed by atoms with Gasteiger partial charge in [-0.1, -0.05) is 12.1 Å². The highest BCUT2D eigenvalue weighted by atomic mass is 16.5. The Balaban J connectivity index is 2.12. The SMILES string of the molecule is COCCCOCCOCC(N)c1cccc(OC)c1. The fraction of sp³-hybridized carbons (Fsp3) is 0.600. The first-order valence-corrected chi connectivity index (χ1v) is 6.82. The predicted molar refractivity (Wildman–Crippen MR) is 78.1 cm³/mol. The van der Waals surface area contributed by atoms with Gasteiger partial charge in [-0.05, 0) is 24.1 Å². The van der Waals surface area contributed by atoms with Gasteiger partial charge in [-0.2, -0.15) is 0 Å². The standard InChI is InChI=1S/C15H25NO4/c1-17-7-4-8-19-9-10-20-12-15(16)13-5-3-6-14(11-13)18-2/h3,5-6,11,15H,4,7-10,12,16H2,1-2H3. The molecule has 1 aromatic rings. The second-order valence-electron chi connectivity index (χ2n) is 4.42. The molecular weight excluding hydrogens is 258 g/mol. The van der Waals surface area contributed by atoms with Crippen LogP contribution in [0.1, 0.15) is 18.0 Å². The van der Waals surface area contributed by atoms with Gasteiger partial charge in [0.05, 0.1) is 33.0 Å². The Morgan fingerprint density at radius 2 is 1.85 bits per heavy atom. The summed E-state index contributed by atoms with van der Waals surface area (Å²) in [7, 11) is 3.32. The Kier molecular flexibility index (Phi) is 8.98. The third kappa shape index (κ3) is 6.86. The predicted octanol–water partition coefficient (Wildman–Crippen LogP) is 1.76. The summed E-state index contributed by atoms with van der Waals surface area (Å²) in [5.41, 5.74) is 7.07. The van der Waals surface area contributed by atoms with Crippen LogP contribution < -0.4 is 10.5 Å². The normalized spacial score (nSPS) is 12.3. The molecule has 1 unspecified atom stereocenters. The van der Waals surface area contributed by atoms with Crippen LogP contribution in [0.5, 0.6) is 5.75 Å². The molecular formula is C15H25NO4. The molecule has 20 heavy (non-hydrogen) atoms. The Morgan fingerprint density at radius 3 is 2.60 bits per heavy atom. The fourth-order valence-electron chi connectivity index (χ4n) is 1.70. The van der Waals surface area contributed by atoms with E-state index in [0.29, 0.717) is 26.4 Å². The van der Waals surface area contributed by atoms with Gasteiger partial charge in [-0.25, -0.2) is 0 Å². The summed E-state index contributed by atoms with van der Waals surface area (Å²) in [6.45, 7) is 3.01. The molecule has 1 rings (SSSR count). The van der Waals surface area contributed by atoms with Gasteiger partial charge in [0.25, 0.3) is 0 Å². The van der Waals surface area contributed by atoms with E-state index in [2.05, 4.69) is 0 Å². The van der Waals surface area contributed by atoms with E-state index >= 15 is 0 Å². The monoisotopic (exact) mass is 283 g/mol. The number of methoxy groups -OCH3 is 2. The molecule has 5 heteroatoms. The van der Waals surface area contributed by atoms with E-state index in [1.165, 1.54) is 0 Å². The number of hydrogen-bond donors (Lipinski definition) is 1. The molecule has 0 fully saturated rings. The van der Waals surface area contributed by atoms with Crippen LogP contribution in [0.25, 0.3) is 0 Å². The number of rotatable bonds is 11. The fourth-order valence-corrected chi connectivity index (χ4v) is 1.70. The van der Waals surface area contributed by atoms with Gasteiger partial charge in [0.15, 0.2) is 0 Å². The molecule has 0 bridgehead atoms. The average molecular weight is 283 g/mol. The average Bonchev–Trinajstić information content (AvgIpc) is 2.49. The smallest absolute Gasteiger partial charge is 0.119 e. The van der Waals surface area contributed by atoms with Crippen LogP contribution in [-0.4, -0.2) is 47.3 Å². The molecule has 0 aromatic heterocycles. The van der Waals surface area contributed by atoms with Crippen molar-refractivity contribution in [2.75, 3.05) is 47.3 Å². The lowest BCUT2D eigenvalue weighted by Crippen LogP contribution is -2.19. The zero-order chi connectivity index (χ0) is 14.6. The summed E-state index contributed by atoms with van der Waals surface area (Å²) in [4.78, 5) is 0. The van der Waals surface area contributed by atoms with Crippen molar-refractivity contribution in [1.29, 1.82) is 0 Å². The lowest BCUT2D eigenvalue weighted by atomic mass is 10.1. The molecule has 1 aromatic carbocycles. The van der Waals surface area contributed by atoms with E-state index in [1.807, 2.05) is 24.3 Å². The topological polar surface area (TPSA) is 62.9 Å². The molecule has 0 spiro atoms. The molecule has 0 heterocycles. The molecule has 0 aliphatic carbocycles. The highest BCUT2D eigenvalue weighted by molar-refractivity contribution is 5.30. The van der Waals surface area contributed by atoms with Crippen LogP contribution in [0, 0.1) is 0 Å². The molecule has 0 radical (unpaired) electrons. The van der Waals surface area contributed by atoms with Crippen LogP contribution in [0.2, 0.25) is 0 Å². The zero-order valence-electron chi connectivity index (χ0n) is 12.3. The van der Waals surface area contributed by atoms with Gasteiger partial charge in [0, 0.05) is 20.3 Å². The number of benzene rings is 1. The Morgan fingerprint density at radius 1 is 1.05 bits per heavy atom. The van der Waals surface area contributed by atoms with Crippen molar-refractivity contribution in [2.24, 2.45) is 5.73 Å². The largest absolute Gasteiger partial charge is 0.497 e. The third-order valence-electron chi connectivity index (χ3n) is 2.83. The van der Waals surface area contributed by atoms with Gasteiger partial charge >= 0.3 is 0 Å². The lowest BCUT2D eigenvalue weighted by molar-refractivity contribution is 0.0355. The minimum atomic E-state index is -0.154. The second-order valence-corrected chi connectivity index (χ2v) is 4.42. The Bertz CT molecular complexity index is 359. The molecule has 114 valence electrons. The molecule has 0 saturated heterocycles. The maximum absolute atomic E-state index is 6.06. The summed E-state index contributed by atoms with van der Waals surface area (Å²) in [5.74, 6) is 0.805. The highest BCUT2D eigenvalue weighted by Crippen LogP contribution is 2.17. The molecule has 2 N–H and O–H groups in total. The summed E-state index contributed by atoms with van der Waals surface area (Å²) in [6.07, 6.45) is 0.903. The van der Waals surface area contributed by atoms with Crippen molar-refractivity contribution in [2.45, 2.75) is 12.5 Å². The van der Waals surface area contributed by atoms with Crippen LogP contribution in [0.15, 0.2) is 24.3 Å². The van der Waals surface area contributed by atoms with E-state index in [4.69, 9.17) is 24.7 Å². The Labute approximate surface area is 121 Å². The molecule has 0 aliphatic rings. The van der Waals surface area contributed by atoms with Crippen molar-refractivity contribution in [3.8, 4) is 5.75 Å². The van der Waals surface area contributed by atoms with E-state index in [9.17, 15) is 0 Å². The molecule has 5 nitrogen and oxygen atoms in total. The summed E-state index contributed by atoms with van der Waals surface area (Å²) < 4.78 is 21.0.